The second-order valence-corrected chi connectivity index (χ2v) is 10.2. The van der Waals surface area contributed by atoms with Crippen LogP contribution in [0.5, 0.6) is 5.75 Å². The third kappa shape index (κ3) is 5.85. The van der Waals surface area contributed by atoms with Crippen LogP contribution in [-0.4, -0.2) is 38.6 Å². The summed E-state index contributed by atoms with van der Waals surface area (Å²) in [6, 6.07) is 20.4. The average molecular weight is 490 g/mol. The Morgan fingerprint density at radius 2 is 1.86 bits per heavy atom. The zero-order chi connectivity index (χ0) is 24.7. The summed E-state index contributed by atoms with van der Waals surface area (Å²) in [6.07, 6.45) is 5.25. The Balaban J connectivity index is 1.58. The van der Waals surface area contributed by atoms with Crippen LogP contribution in [0.1, 0.15) is 44.6 Å². The maximum absolute atomic E-state index is 13.1. The number of ether oxygens (including phenoxy) is 1. The largest absolute Gasteiger partial charge is 0.496 e. The molecular weight excluding hydrogens is 458 g/mol. The molecule has 0 spiro atoms. The summed E-state index contributed by atoms with van der Waals surface area (Å²) >= 11 is 1.37. The highest BCUT2D eigenvalue weighted by molar-refractivity contribution is 8.00. The minimum Gasteiger partial charge on any atom is -0.496 e. The van der Waals surface area contributed by atoms with Crippen LogP contribution in [0.25, 0.3) is 11.4 Å². The Kier molecular flexibility index (Phi) is 8.09. The maximum Gasteiger partial charge on any atom is 0.234 e. The number of carbonyl (C=O) groups excluding carboxylic acids is 1. The van der Waals surface area contributed by atoms with Crippen LogP contribution in [0, 0.1) is 11.3 Å². The third-order valence-corrected chi connectivity index (χ3v) is 7.55. The Hall–Kier alpha value is -3.31. The van der Waals surface area contributed by atoms with Crippen LogP contribution in [-0.2, 0) is 17.8 Å². The summed E-state index contributed by atoms with van der Waals surface area (Å²) in [5, 5.41) is 22.0. The third-order valence-electron chi connectivity index (χ3n) is 6.47. The van der Waals surface area contributed by atoms with Gasteiger partial charge in [-0.2, -0.15) is 5.26 Å². The maximum atomic E-state index is 13.1. The molecule has 1 unspecified atom stereocenters. The van der Waals surface area contributed by atoms with Gasteiger partial charge in [-0.05, 0) is 43.9 Å². The second kappa shape index (κ2) is 11.4. The normalized spacial score (nSPS) is 15.7. The molecule has 1 aromatic heterocycles. The Morgan fingerprint density at radius 1 is 1.14 bits per heavy atom. The number of para-hydroxylation sites is 1. The van der Waals surface area contributed by atoms with Crippen LogP contribution in [0.4, 0.5) is 0 Å². The lowest BCUT2D eigenvalue weighted by atomic mass is 9.83. The van der Waals surface area contributed by atoms with Gasteiger partial charge in [-0.25, -0.2) is 0 Å². The molecule has 1 heterocycles. The van der Waals surface area contributed by atoms with Crippen molar-refractivity contribution in [3.8, 4) is 23.2 Å². The van der Waals surface area contributed by atoms with E-state index in [1.807, 2.05) is 49.4 Å². The minimum atomic E-state index is -0.756. The molecule has 35 heavy (non-hydrogen) atoms. The summed E-state index contributed by atoms with van der Waals surface area (Å²) in [4.78, 5) is 13.1. The van der Waals surface area contributed by atoms with Crippen molar-refractivity contribution in [1.82, 2.24) is 20.1 Å². The molecule has 1 saturated carbocycles. The number of hydrogen-bond acceptors (Lipinski definition) is 6. The van der Waals surface area contributed by atoms with Gasteiger partial charge in [0.25, 0.3) is 0 Å². The summed E-state index contributed by atoms with van der Waals surface area (Å²) in [5.41, 5.74) is 1.31. The molecule has 1 aliphatic carbocycles. The molecule has 8 heteroatoms. The van der Waals surface area contributed by atoms with Gasteiger partial charge in [0.05, 0.1) is 24.0 Å². The number of amides is 1. The minimum absolute atomic E-state index is 0.144. The van der Waals surface area contributed by atoms with Crippen molar-refractivity contribution in [2.75, 3.05) is 7.11 Å². The zero-order valence-electron chi connectivity index (χ0n) is 20.2. The monoisotopic (exact) mass is 489 g/mol. The van der Waals surface area contributed by atoms with Crippen LogP contribution in [0.2, 0.25) is 0 Å². The van der Waals surface area contributed by atoms with Gasteiger partial charge in [0.2, 0.25) is 5.91 Å². The van der Waals surface area contributed by atoms with Gasteiger partial charge in [0.1, 0.15) is 11.3 Å². The molecule has 0 aliphatic heterocycles. The van der Waals surface area contributed by atoms with E-state index in [9.17, 15) is 10.1 Å². The number of carbonyl (C=O) groups is 1. The molecule has 2 aromatic carbocycles. The highest BCUT2D eigenvalue weighted by Gasteiger charge is 2.35. The molecule has 1 fully saturated rings. The number of benzene rings is 2. The van der Waals surface area contributed by atoms with Gasteiger partial charge in [0.15, 0.2) is 11.0 Å². The molecule has 0 saturated heterocycles. The van der Waals surface area contributed by atoms with E-state index < -0.39 is 10.8 Å². The lowest BCUT2D eigenvalue weighted by Crippen LogP contribution is -2.51. The van der Waals surface area contributed by atoms with E-state index in [-0.39, 0.29) is 5.91 Å². The van der Waals surface area contributed by atoms with Crippen LogP contribution in [0.3, 0.4) is 0 Å². The van der Waals surface area contributed by atoms with E-state index in [4.69, 9.17) is 4.74 Å². The molecule has 3 aromatic rings. The fourth-order valence-electron chi connectivity index (χ4n) is 4.46. The van der Waals surface area contributed by atoms with Crippen molar-refractivity contribution in [1.29, 1.82) is 5.26 Å². The first kappa shape index (κ1) is 24.8. The number of thioether (sulfide) groups is 1. The van der Waals surface area contributed by atoms with Crippen molar-refractivity contribution in [3.05, 3.63) is 60.2 Å². The highest BCUT2D eigenvalue weighted by Crippen LogP contribution is 2.33. The fourth-order valence-corrected chi connectivity index (χ4v) is 5.34. The molecule has 182 valence electrons. The van der Waals surface area contributed by atoms with Crippen molar-refractivity contribution >= 4 is 17.7 Å². The van der Waals surface area contributed by atoms with E-state index in [0.717, 1.165) is 37.0 Å². The molecule has 1 N–H and O–H groups in total. The van der Waals surface area contributed by atoms with E-state index in [1.165, 1.54) is 17.3 Å². The molecule has 1 atom stereocenters. The Bertz CT molecular complexity index is 1180. The van der Waals surface area contributed by atoms with Gasteiger partial charge in [-0.3, -0.25) is 4.79 Å². The van der Waals surface area contributed by atoms with Gasteiger partial charge in [-0.1, -0.05) is 73.5 Å². The van der Waals surface area contributed by atoms with E-state index in [1.54, 1.807) is 7.11 Å². The number of nitrogens with one attached hydrogen (secondary N) is 1. The standard InChI is InChI=1S/C27H31N5O2S/c1-20(25(33)29-27(19-28)16-9-4-10-17-27)35-26-31-30-24(22-13-7-8-14-23(22)34-2)32(26)18-15-21-11-5-3-6-12-21/h3,5-8,11-14,20H,4,9-10,15-18H2,1-2H3,(H,29,33). The van der Waals surface area contributed by atoms with Crippen molar-refractivity contribution in [3.63, 3.8) is 0 Å². The number of aryl methyl sites for hydroxylation is 1. The Morgan fingerprint density at radius 3 is 2.57 bits per heavy atom. The van der Waals surface area contributed by atoms with Crippen molar-refractivity contribution < 1.29 is 9.53 Å². The van der Waals surface area contributed by atoms with Gasteiger partial charge >= 0.3 is 0 Å². The van der Waals surface area contributed by atoms with Gasteiger partial charge in [-0.15, -0.1) is 10.2 Å². The zero-order valence-corrected chi connectivity index (χ0v) is 21.1. The number of hydrogen-bond donors (Lipinski definition) is 1. The first-order valence-corrected chi connectivity index (χ1v) is 12.9. The SMILES string of the molecule is COc1ccccc1-c1nnc(SC(C)C(=O)NC2(C#N)CCCCC2)n1CCc1ccccc1. The topological polar surface area (TPSA) is 92.8 Å². The second-order valence-electron chi connectivity index (χ2n) is 8.90. The first-order valence-electron chi connectivity index (χ1n) is 12.1. The number of rotatable bonds is 9. The predicted octanol–water partition coefficient (Wildman–Crippen LogP) is 5.02. The predicted molar refractivity (Wildman–Crippen MR) is 137 cm³/mol. The molecule has 7 nitrogen and oxygen atoms in total. The van der Waals surface area contributed by atoms with Gasteiger partial charge < -0.3 is 14.6 Å². The summed E-state index contributed by atoms with van der Waals surface area (Å²) < 4.78 is 7.63. The lowest BCUT2D eigenvalue weighted by Gasteiger charge is -2.32. The summed E-state index contributed by atoms with van der Waals surface area (Å²) in [6.45, 7) is 2.51. The van der Waals surface area contributed by atoms with Gasteiger partial charge in [0, 0.05) is 6.54 Å². The number of methoxy groups -OCH3 is 1. The Labute approximate surface area is 210 Å². The van der Waals surface area contributed by atoms with E-state index in [0.29, 0.717) is 30.4 Å². The van der Waals surface area contributed by atoms with Crippen molar-refractivity contribution in [2.45, 2.75) is 67.9 Å². The molecular formula is C27H31N5O2S. The molecule has 1 amide bonds. The van der Waals surface area contributed by atoms with Crippen LogP contribution in [0.15, 0.2) is 59.8 Å². The van der Waals surface area contributed by atoms with E-state index >= 15 is 0 Å². The first-order chi connectivity index (χ1) is 17.0. The number of aromatic nitrogens is 3. The quantitative estimate of drug-likeness (QED) is 0.424. The van der Waals surface area contributed by atoms with Crippen molar-refractivity contribution in [2.24, 2.45) is 0 Å². The average Bonchev–Trinajstić information content (AvgIpc) is 3.30. The molecule has 1 aliphatic rings. The fraction of sp³-hybridized carbons (Fsp3) is 0.407. The molecule has 0 radical (unpaired) electrons. The van der Waals surface area contributed by atoms with E-state index in [2.05, 4.69) is 38.3 Å². The summed E-state index contributed by atoms with van der Waals surface area (Å²) in [7, 11) is 1.64. The highest BCUT2D eigenvalue weighted by atomic mass is 32.2. The lowest BCUT2D eigenvalue weighted by molar-refractivity contribution is -0.121. The van der Waals surface area contributed by atoms with Crippen LogP contribution >= 0.6 is 11.8 Å². The number of nitriles is 1. The summed E-state index contributed by atoms with van der Waals surface area (Å²) in [5.74, 6) is 1.28. The number of nitrogens with zero attached hydrogens (tertiary/aromatic N) is 4. The smallest absolute Gasteiger partial charge is 0.234 e. The van der Waals surface area contributed by atoms with Crippen LogP contribution < -0.4 is 10.1 Å². The molecule has 4 rings (SSSR count). The molecule has 0 bridgehead atoms.